The molecule has 0 spiro atoms. The van der Waals surface area contributed by atoms with Crippen molar-refractivity contribution in [3.63, 3.8) is 0 Å². The molecule has 0 saturated heterocycles. The van der Waals surface area contributed by atoms with Crippen LogP contribution in [0.15, 0.2) is 24.4 Å². The molecule has 0 atom stereocenters. The number of rotatable bonds is 5. The summed E-state index contributed by atoms with van der Waals surface area (Å²) in [7, 11) is -0.262. The third-order valence-electron chi connectivity index (χ3n) is 2.89. The maximum absolute atomic E-state index is 11.7. The van der Waals surface area contributed by atoms with Crippen LogP contribution in [0, 0.1) is 0 Å². The summed E-state index contributed by atoms with van der Waals surface area (Å²) in [6.45, 7) is 0. The second-order valence-electron chi connectivity index (χ2n) is 4.58. The van der Waals surface area contributed by atoms with Crippen LogP contribution in [-0.4, -0.2) is 47.6 Å². The Labute approximate surface area is 133 Å². The van der Waals surface area contributed by atoms with E-state index in [1.165, 1.54) is 23.1 Å². The first-order chi connectivity index (χ1) is 9.81. The van der Waals surface area contributed by atoms with Gasteiger partial charge < -0.3 is 0 Å². The van der Waals surface area contributed by atoms with E-state index in [1.807, 2.05) is 0 Å². The summed E-state index contributed by atoms with van der Waals surface area (Å²) < 4.78 is 26.1. The SMILES string of the molecule is CN(C)S(=O)(=O)CCc1cn(-c2cccc(Cl)c2Cl)nn1. The molecule has 0 saturated carbocycles. The zero-order valence-corrected chi connectivity index (χ0v) is 13.8. The van der Waals surface area contributed by atoms with Crippen molar-refractivity contribution in [3.05, 3.63) is 40.1 Å². The van der Waals surface area contributed by atoms with E-state index < -0.39 is 10.0 Å². The number of benzene rings is 1. The predicted molar refractivity (Wildman–Crippen MR) is 82.6 cm³/mol. The molecule has 0 unspecified atom stereocenters. The van der Waals surface area contributed by atoms with E-state index in [0.29, 0.717) is 21.4 Å². The Morgan fingerprint density at radius 2 is 2.00 bits per heavy atom. The van der Waals surface area contributed by atoms with E-state index in [1.54, 1.807) is 24.4 Å². The van der Waals surface area contributed by atoms with Crippen molar-refractivity contribution in [1.82, 2.24) is 19.3 Å². The third kappa shape index (κ3) is 3.74. The van der Waals surface area contributed by atoms with Gasteiger partial charge in [-0.15, -0.1) is 5.10 Å². The van der Waals surface area contributed by atoms with Gasteiger partial charge in [-0.1, -0.05) is 34.5 Å². The van der Waals surface area contributed by atoms with Crippen molar-refractivity contribution in [1.29, 1.82) is 0 Å². The molecule has 21 heavy (non-hydrogen) atoms. The molecule has 0 radical (unpaired) electrons. The monoisotopic (exact) mass is 348 g/mol. The van der Waals surface area contributed by atoms with Crippen LogP contribution in [0.5, 0.6) is 0 Å². The van der Waals surface area contributed by atoms with E-state index >= 15 is 0 Å². The van der Waals surface area contributed by atoms with Gasteiger partial charge in [0.25, 0.3) is 0 Å². The van der Waals surface area contributed by atoms with Gasteiger partial charge in [-0.05, 0) is 12.1 Å². The van der Waals surface area contributed by atoms with E-state index in [-0.39, 0.29) is 12.2 Å². The molecule has 0 N–H and O–H groups in total. The fourth-order valence-corrected chi connectivity index (χ4v) is 2.83. The number of halogens is 2. The normalized spacial score (nSPS) is 12.0. The lowest BCUT2D eigenvalue weighted by molar-refractivity contribution is 0.520. The molecule has 1 heterocycles. The third-order valence-corrected chi connectivity index (χ3v) is 5.53. The van der Waals surface area contributed by atoms with Crippen molar-refractivity contribution in [2.75, 3.05) is 19.8 Å². The second kappa shape index (κ2) is 6.31. The molecule has 0 aliphatic rings. The number of aryl methyl sites for hydroxylation is 1. The van der Waals surface area contributed by atoms with E-state index in [0.717, 1.165) is 0 Å². The van der Waals surface area contributed by atoms with Crippen LogP contribution in [0.3, 0.4) is 0 Å². The Balaban J connectivity index is 2.17. The fourth-order valence-electron chi connectivity index (χ4n) is 1.62. The van der Waals surface area contributed by atoms with Crippen LogP contribution in [0.1, 0.15) is 5.69 Å². The van der Waals surface area contributed by atoms with Gasteiger partial charge in [0, 0.05) is 20.5 Å². The van der Waals surface area contributed by atoms with Crippen molar-refractivity contribution >= 4 is 33.2 Å². The molecule has 0 fully saturated rings. The van der Waals surface area contributed by atoms with Crippen LogP contribution < -0.4 is 0 Å². The van der Waals surface area contributed by atoms with Gasteiger partial charge in [0.15, 0.2) is 0 Å². The minimum absolute atomic E-state index is 0.0258. The summed E-state index contributed by atoms with van der Waals surface area (Å²) in [5.41, 5.74) is 1.16. The number of hydrogen-bond donors (Lipinski definition) is 0. The molecule has 6 nitrogen and oxygen atoms in total. The Kier molecular flexibility index (Phi) is 4.88. The largest absolute Gasteiger partial charge is 0.219 e. The highest BCUT2D eigenvalue weighted by atomic mass is 35.5. The lowest BCUT2D eigenvalue weighted by atomic mass is 10.3. The van der Waals surface area contributed by atoms with E-state index in [4.69, 9.17) is 23.2 Å². The van der Waals surface area contributed by atoms with Crippen molar-refractivity contribution in [2.45, 2.75) is 6.42 Å². The number of sulfonamides is 1. The fraction of sp³-hybridized carbons (Fsp3) is 0.333. The van der Waals surface area contributed by atoms with Gasteiger partial charge in [0.1, 0.15) is 0 Å². The predicted octanol–water partition coefficient (Wildman–Crippen LogP) is 2.01. The molecule has 2 rings (SSSR count). The molecule has 0 aliphatic carbocycles. The van der Waals surface area contributed by atoms with Crippen LogP contribution in [-0.2, 0) is 16.4 Å². The van der Waals surface area contributed by atoms with Crippen molar-refractivity contribution < 1.29 is 8.42 Å². The van der Waals surface area contributed by atoms with Gasteiger partial charge in [-0.25, -0.2) is 17.4 Å². The quantitative estimate of drug-likeness (QED) is 0.828. The standard InChI is InChI=1S/C12H14Cl2N4O2S/c1-17(2)21(19,20)7-6-9-8-18(16-15-9)11-5-3-4-10(13)12(11)14/h3-5,8H,6-7H2,1-2H3. The maximum Gasteiger partial charge on any atom is 0.213 e. The molecule has 0 aliphatic heterocycles. The topological polar surface area (TPSA) is 68.1 Å². The summed E-state index contributed by atoms with van der Waals surface area (Å²) >= 11 is 12.1. The van der Waals surface area contributed by atoms with Gasteiger partial charge in [0.2, 0.25) is 10.0 Å². The smallest absolute Gasteiger partial charge is 0.213 e. The first-order valence-electron chi connectivity index (χ1n) is 6.07. The highest BCUT2D eigenvalue weighted by molar-refractivity contribution is 7.89. The lowest BCUT2D eigenvalue weighted by Crippen LogP contribution is -2.26. The lowest BCUT2D eigenvalue weighted by Gasteiger charge is -2.09. The van der Waals surface area contributed by atoms with Crippen LogP contribution in [0.4, 0.5) is 0 Å². The second-order valence-corrected chi connectivity index (χ2v) is 7.66. The minimum atomic E-state index is -3.26. The Morgan fingerprint density at radius 1 is 1.29 bits per heavy atom. The van der Waals surface area contributed by atoms with Gasteiger partial charge in [-0.2, -0.15) is 0 Å². The summed E-state index contributed by atoms with van der Waals surface area (Å²) in [5, 5.41) is 8.69. The van der Waals surface area contributed by atoms with Gasteiger partial charge >= 0.3 is 0 Å². The molecular weight excluding hydrogens is 335 g/mol. The molecule has 2 aromatic rings. The van der Waals surface area contributed by atoms with Crippen molar-refractivity contribution in [3.8, 4) is 5.69 Å². The van der Waals surface area contributed by atoms with Crippen molar-refractivity contribution in [2.24, 2.45) is 0 Å². The molecule has 1 aromatic carbocycles. The number of aromatic nitrogens is 3. The average Bonchev–Trinajstić information content (AvgIpc) is 2.88. The molecule has 0 bridgehead atoms. The maximum atomic E-state index is 11.7. The zero-order chi connectivity index (χ0) is 15.6. The molecule has 9 heteroatoms. The minimum Gasteiger partial charge on any atom is -0.219 e. The average molecular weight is 349 g/mol. The highest BCUT2D eigenvalue weighted by Crippen LogP contribution is 2.27. The van der Waals surface area contributed by atoms with E-state index in [9.17, 15) is 8.42 Å². The highest BCUT2D eigenvalue weighted by Gasteiger charge is 2.15. The molecule has 114 valence electrons. The summed E-state index contributed by atoms with van der Waals surface area (Å²) in [6.07, 6.45) is 1.92. The summed E-state index contributed by atoms with van der Waals surface area (Å²) in [6, 6.07) is 5.18. The van der Waals surface area contributed by atoms with Gasteiger partial charge in [0.05, 0.1) is 33.4 Å². The first-order valence-corrected chi connectivity index (χ1v) is 8.43. The molecular formula is C12H14Cl2N4O2S. The van der Waals surface area contributed by atoms with Crippen LogP contribution >= 0.6 is 23.2 Å². The zero-order valence-electron chi connectivity index (χ0n) is 11.5. The Hall–Kier alpha value is -1.15. The molecule has 0 amide bonds. The summed E-state index contributed by atoms with van der Waals surface area (Å²) in [4.78, 5) is 0. The first kappa shape index (κ1) is 16.2. The number of nitrogens with zero attached hydrogens (tertiary/aromatic N) is 4. The van der Waals surface area contributed by atoms with E-state index in [2.05, 4.69) is 10.3 Å². The van der Waals surface area contributed by atoms with Crippen LogP contribution in [0.25, 0.3) is 5.69 Å². The molecule has 1 aromatic heterocycles. The number of hydrogen-bond acceptors (Lipinski definition) is 4. The summed E-state index contributed by atoms with van der Waals surface area (Å²) in [5.74, 6) is -0.0258. The Morgan fingerprint density at radius 3 is 2.67 bits per heavy atom. The van der Waals surface area contributed by atoms with Crippen LogP contribution in [0.2, 0.25) is 10.0 Å². The van der Waals surface area contributed by atoms with Gasteiger partial charge in [-0.3, -0.25) is 0 Å². The Bertz CT molecular complexity index is 743.